The molecule has 0 aliphatic rings. The van der Waals surface area contributed by atoms with E-state index in [1.807, 2.05) is 0 Å². The van der Waals surface area contributed by atoms with Gasteiger partial charge in [0, 0.05) is 5.69 Å². The predicted molar refractivity (Wildman–Crippen MR) is 83.1 cm³/mol. The molecule has 7 heteroatoms. The molecule has 0 radical (unpaired) electrons. The maximum atomic E-state index is 13.2. The number of sulfone groups is 1. The molecule has 0 heterocycles. The summed E-state index contributed by atoms with van der Waals surface area (Å²) in [5, 5.41) is 2.25. The van der Waals surface area contributed by atoms with Gasteiger partial charge in [-0.1, -0.05) is 35.9 Å². The van der Waals surface area contributed by atoms with Crippen LogP contribution in [0.4, 0.5) is 18.9 Å². The van der Waals surface area contributed by atoms with Gasteiger partial charge in [0.2, 0.25) is 0 Å². The monoisotopic (exact) mass is 343 g/mol. The number of rotatable bonds is 5. The minimum absolute atomic E-state index is 0.118. The van der Waals surface area contributed by atoms with Gasteiger partial charge in [-0.2, -0.15) is 13.2 Å². The van der Waals surface area contributed by atoms with Crippen molar-refractivity contribution < 1.29 is 21.6 Å². The van der Waals surface area contributed by atoms with Gasteiger partial charge >= 0.3 is 6.18 Å². The topological polar surface area (TPSA) is 46.2 Å². The van der Waals surface area contributed by atoms with Crippen LogP contribution in [0, 0.1) is 6.92 Å². The van der Waals surface area contributed by atoms with Gasteiger partial charge < -0.3 is 5.32 Å². The molecule has 23 heavy (non-hydrogen) atoms. The summed E-state index contributed by atoms with van der Waals surface area (Å²) in [5.41, 5.74) is 1.05. The molecule has 0 aliphatic carbocycles. The second-order valence-corrected chi connectivity index (χ2v) is 7.23. The Morgan fingerprint density at radius 2 is 1.57 bits per heavy atom. The Bertz CT molecular complexity index is 741. The molecule has 0 aliphatic heterocycles. The Balaban J connectivity index is 2.25. The van der Waals surface area contributed by atoms with Crippen molar-refractivity contribution in [3.8, 4) is 0 Å². The quantitative estimate of drug-likeness (QED) is 0.898. The van der Waals surface area contributed by atoms with Crippen LogP contribution in [0.5, 0.6) is 0 Å². The molecular formula is C16H16F3NO2S. The molecule has 0 amide bonds. The lowest BCUT2D eigenvalue weighted by molar-refractivity contribution is -0.137. The molecule has 1 atom stereocenters. The van der Waals surface area contributed by atoms with Crippen molar-refractivity contribution in [1.29, 1.82) is 0 Å². The second-order valence-electron chi connectivity index (χ2n) is 5.20. The van der Waals surface area contributed by atoms with E-state index < -0.39 is 27.8 Å². The minimum atomic E-state index is -4.69. The van der Waals surface area contributed by atoms with E-state index >= 15 is 0 Å². The zero-order valence-corrected chi connectivity index (χ0v) is 13.2. The summed E-state index contributed by atoms with van der Waals surface area (Å²) >= 11 is 0. The van der Waals surface area contributed by atoms with E-state index in [4.69, 9.17) is 0 Å². The number of alkyl halides is 3. The minimum Gasteiger partial charge on any atom is -0.373 e. The van der Waals surface area contributed by atoms with Crippen molar-refractivity contribution in [2.75, 3.05) is 11.1 Å². The molecule has 2 rings (SSSR count). The fourth-order valence-electron chi connectivity index (χ4n) is 2.01. The van der Waals surface area contributed by atoms with E-state index in [2.05, 4.69) is 5.32 Å². The Kier molecular flexibility index (Phi) is 4.99. The van der Waals surface area contributed by atoms with Crippen LogP contribution in [-0.4, -0.2) is 26.4 Å². The van der Waals surface area contributed by atoms with Crippen molar-refractivity contribution in [1.82, 2.24) is 0 Å². The van der Waals surface area contributed by atoms with Crippen LogP contribution in [0.25, 0.3) is 0 Å². The van der Waals surface area contributed by atoms with Gasteiger partial charge in [-0.25, -0.2) is 8.42 Å². The fraction of sp³-hybridized carbons (Fsp3) is 0.250. The van der Waals surface area contributed by atoms with E-state index in [0.717, 1.165) is 5.56 Å². The SMILES string of the molecule is Cc1ccc(S(=O)(=O)C[C@@H](Nc2ccccc2)C(F)(F)F)cc1. The third-order valence-corrected chi connectivity index (χ3v) is 5.04. The van der Waals surface area contributed by atoms with E-state index in [0.29, 0.717) is 0 Å². The highest BCUT2D eigenvalue weighted by Gasteiger charge is 2.42. The average Bonchev–Trinajstić information content (AvgIpc) is 2.47. The summed E-state index contributed by atoms with van der Waals surface area (Å²) in [7, 11) is -4.06. The van der Waals surface area contributed by atoms with Crippen LogP contribution in [-0.2, 0) is 9.84 Å². The lowest BCUT2D eigenvalue weighted by Gasteiger charge is -2.22. The molecule has 0 unspecified atom stereocenters. The first-order chi connectivity index (χ1) is 10.7. The first kappa shape index (κ1) is 17.3. The van der Waals surface area contributed by atoms with Gasteiger partial charge in [0.15, 0.2) is 9.84 Å². The normalized spacial score (nSPS) is 13.6. The zero-order chi connectivity index (χ0) is 17.1. The molecule has 0 aromatic heterocycles. The molecule has 124 valence electrons. The van der Waals surface area contributed by atoms with Gasteiger partial charge in [0.05, 0.1) is 10.6 Å². The third-order valence-electron chi connectivity index (χ3n) is 3.28. The van der Waals surface area contributed by atoms with Crippen molar-refractivity contribution in [2.45, 2.75) is 24.0 Å². The Hall–Kier alpha value is -2.02. The lowest BCUT2D eigenvalue weighted by atomic mass is 10.2. The maximum Gasteiger partial charge on any atom is 0.409 e. The van der Waals surface area contributed by atoms with Crippen LogP contribution >= 0.6 is 0 Å². The number of hydrogen-bond donors (Lipinski definition) is 1. The van der Waals surface area contributed by atoms with Crippen LogP contribution < -0.4 is 5.32 Å². The summed E-state index contributed by atoms with van der Waals surface area (Å²) in [5.74, 6) is -1.06. The number of aryl methyl sites for hydroxylation is 1. The second kappa shape index (κ2) is 6.62. The molecule has 0 bridgehead atoms. The van der Waals surface area contributed by atoms with Crippen LogP contribution in [0.3, 0.4) is 0 Å². The van der Waals surface area contributed by atoms with Crippen molar-refractivity contribution >= 4 is 15.5 Å². The average molecular weight is 343 g/mol. The molecule has 0 saturated heterocycles. The summed E-state index contributed by atoms with van der Waals surface area (Å²) in [6.45, 7) is 1.77. The van der Waals surface area contributed by atoms with Crippen LogP contribution in [0.15, 0.2) is 59.5 Å². The summed E-state index contributed by atoms with van der Waals surface area (Å²) in [6.07, 6.45) is -4.69. The highest BCUT2D eigenvalue weighted by atomic mass is 32.2. The molecule has 1 N–H and O–H groups in total. The fourth-order valence-corrected chi connectivity index (χ4v) is 3.47. The number of hydrogen-bond acceptors (Lipinski definition) is 3. The zero-order valence-electron chi connectivity index (χ0n) is 12.3. The first-order valence-corrected chi connectivity index (χ1v) is 8.51. The van der Waals surface area contributed by atoms with Crippen molar-refractivity contribution in [3.05, 3.63) is 60.2 Å². The highest BCUT2D eigenvalue weighted by molar-refractivity contribution is 7.91. The van der Waals surface area contributed by atoms with Gasteiger partial charge in [-0.05, 0) is 31.2 Å². The van der Waals surface area contributed by atoms with E-state index in [1.54, 1.807) is 37.3 Å². The molecule has 3 nitrogen and oxygen atoms in total. The number of halogens is 3. The molecule has 0 fully saturated rings. The van der Waals surface area contributed by atoms with Crippen LogP contribution in [0.2, 0.25) is 0 Å². The summed E-state index contributed by atoms with van der Waals surface area (Å²) < 4.78 is 64.1. The molecule has 2 aromatic carbocycles. The third kappa shape index (κ3) is 4.72. The molecule has 0 saturated carbocycles. The van der Waals surface area contributed by atoms with E-state index in [1.165, 1.54) is 24.3 Å². The van der Waals surface area contributed by atoms with E-state index in [9.17, 15) is 21.6 Å². The molecule has 0 spiro atoms. The number of para-hydroxylation sites is 1. The van der Waals surface area contributed by atoms with Gasteiger partial charge in [0.1, 0.15) is 6.04 Å². The molecule has 2 aromatic rings. The number of benzene rings is 2. The smallest absolute Gasteiger partial charge is 0.373 e. The first-order valence-electron chi connectivity index (χ1n) is 6.86. The van der Waals surface area contributed by atoms with E-state index in [-0.39, 0.29) is 10.6 Å². The number of anilines is 1. The van der Waals surface area contributed by atoms with Crippen molar-refractivity contribution in [3.63, 3.8) is 0 Å². The Morgan fingerprint density at radius 1 is 1.00 bits per heavy atom. The molecular weight excluding hydrogens is 327 g/mol. The summed E-state index contributed by atoms with van der Waals surface area (Å²) in [6, 6.07) is 11.3. The lowest BCUT2D eigenvalue weighted by Crippen LogP contribution is -2.42. The number of nitrogens with one attached hydrogen (secondary N) is 1. The highest BCUT2D eigenvalue weighted by Crippen LogP contribution is 2.26. The van der Waals surface area contributed by atoms with Crippen LogP contribution in [0.1, 0.15) is 5.56 Å². The maximum absolute atomic E-state index is 13.2. The summed E-state index contributed by atoms with van der Waals surface area (Å²) in [4.78, 5) is -0.118. The standard InChI is InChI=1S/C16H16F3NO2S/c1-12-7-9-14(10-8-12)23(21,22)11-15(16(17,18)19)20-13-5-3-2-4-6-13/h2-10,15,20H,11H2,1H3/t15-/m1/s1. The Labute approximate surface area is 133 Å². The largest absolute Gasteiger partial charge is 0.409 e. The van der Waals surface area contributed by atoms with Gasteiger partial charge in [-0.15, -0.1) is 0 Å². The van der Waals surface area contributed by atoms with Crippen molar-refractivity contribution in [2.24, 2.45) is 0 Å². The van der Waals surface area contributed by atoms with Gasteiger partial charge in [0.25, 0.3) is 0 Å². The predicted octanol–water partition coefficient (Wildman–Crippen LogP) is 3.81. The Morgan fingerprint density at radius 3 is 2.09 bits per heavy atom. The van der Waals surface area contributed by atoms with Gasteiger partial charge in [-0.3, -0.25) is 0 Å².